The molecule has 2 aromatic carbocycles. The lowest BCUT2D eigenvalue weighted by Gasteiger charge is -2.35. The van der Waals surface area contributed by atoms with Crippen LogP contribution < -0.4 is 9.47 Å². The average molecular weight is 422 g/mol. The number of aryl methyl sites for hydroxylation is 1. The molecule has 1 fully saturated rings. The number of amides is 2. The number of piperazine rings is 1. The zero-order valence-electron chi connectivity index (χ0n) is 17.6. The van der Waals surface area contributed by atoms with Gasteiger partial charge in [-0.25, -0.2) is 0 Å². The van der Waals surface area contributed by atoms with E-state index in [0.29, 0.717) is 48.8 Å². The van der Waals surface area contributed by atoms with Crippen LogP contribution in [0.3, 0.4) is 0 Å². The van der Waals surface area contributed by atoms with Gasteiger partial charge in [0.25, 0.3) is 5.91 Å². The van der Waals surface area contributed by atoms with Gasteiger partial charge in [0.05, 0.1) is 0 Å². The van der Waals surface area contributed by atoms with Crippen molar-refractivity contribution in [2.45, 2.75) is 26.2 Å². The highest BCUT2D eigenvalue weighted by molar-refractivity contribution is 5.98. The van der Waals surface area contributed by atoms with Gasteiger partial charge >= 0.3 is 0 Å². The molecule has 0 bridgehead atoms. The zero-order valence-corrected chi connectivity index (χ0v) is 17.6. The molecule has 0 atom stereocenters. The molecule has 0 aromatic heterocycles. The Labute approximate surface area is 181 Å². The second kappa shape index (κ2) is 9.20. The van der Waals surface area contributed by atoms with Crippen molar-refractivity contribution in [3.63, 3.8) is 0 Å². The lowest BCUT2D eigenvalue weighted by Crippen LogP contribution is -2.50. The number of fused-ring (bicyclic) bond motifs is 1. The minimum atomic E-state index is -0.0869. The zero-order chi connectivity index (χ0) is 21.8. The van der Waals surface area contributed by atoms with Crippen LogP contribution in [0.2, 0.25) is 0 Å². The fourth-order valence-corrected chi connectivity index (χ4v) is 3.82. The predicted molar refractivity (Wildman–Crippen MR) is 114 cm³/mol. The summed E-state index contributed by atoms with van der Waals surface area (Å²) in [6.07, 6.45) is 1.31. The van der Waals surface area contributed by atoms with E-state index in [1.165, 1.54) is 5.56 Å². The van der Waals surface area contributed by atoms with Gasteiger partial charge in [-0.1, -0.05) is 31.2 Å². The summed E-state index contributed by atoms with van der Waals surface area (Å²) in [5.74, 6) is 1.06. The van der Waals surface area contributed by atoms with Crippen molar-refractivity contribution >= 4 is 17.6 Å². The number of nitrogens with zero attached hydrogens (tertiary/aromatic N) is 2. The summed E-state index contributed by atoms with van der Waals surface area (Å²) >= 11 is 0. The normalized spacial score (nSPS) is 15.1. The first-order valence-corrected chi connectivity index (χ1v) is 10.6. The molecular weight excluding hydrogens is 396 g/mol. The van der Waals surface area contributed by atoms with Crippen LogP contribution in [0.25, 0.3) is 0 Å². The molecule has 31 heavy (non-hydrogen) atoms. The average Bonchev–Trinajstić information content (AvgIpc) is 3.30. The molecule has 0 N–H and O–H groups in total. The molecule has 0 aliphatic carbocycles. The number of rotatable bonds is 6. The summed E-state index contributed by atoms with van der Waals surface area (Å²) in [7, 11) is 0. The van der Waals surface area contributed by atoms with E-state index in [2.05, 4.69) is 6.92 Å². The van der Waals surface area contributed by atoms with Crippen molar-refractivity contribution in [1.29, 1.82) is 0 Å². The summed E-state index contributed by atoms with van der Waals surface area (Å²) in [4.78, 5) is 41.2. The Hall–Kier alpha value is -3.35. The van der Waals surface area contributed by atoms with Gasteiger partial charge in [-0.2, -0.15) is 0 Å². The Morgan fingerprint density at radius 1 is 0.806 bits per heavy atom. The molecule has 2 amide bonds. The molecular formula is C24H26N2O5. The molecule has 7 heteroatoms. The number of benzene rings is 2. The van der Waals surface area contributed by atoms with Crippen LogP contribution in [0.5, 0.6) is 11.5 Å². The lowest BCUT2D eigenvalue weighted by atomic mass is 10.0. The van der Waals surface area contributed by atoms with Crippen molar-refractivity contribution in [1.82, 2.24) is 9.80 Å². The second-order valence-corrected chi connectivity index (χ2v) is 7.71. The van der Waals surface area contributed by atoms with Crippen molar-refractivity contribution in [3.05, 3.63) is 59.2 Å². The topological polar surface area (TPSA) is 76.2 Å². The highest BCUT2D eigenvalue weighted by Crippen LogP contribution is 2.32. The van der Waals surface area contributed by atoms with Crippen molar-refractivity contribution in [3.8, 4) is 11.5 Å². The molecule has 1 saturated heterocycles. The maximum atomic E-state index is 12.8. The summed E-state index contributed by atoms with van der Waals surface area (Å²) in [5, 5.41) is 0. The molecule has 2 aliphatic heterocycles. The van der Waals surface area contributed by atoms with Gasteiger partial charge in [0.1, 0.15) is 0 Å². The van der Waals surface area contributed by atoms with Gasteiger partial charge in [-0.15, -0.1) is 0 Å². The summed E-state index contributed by atoms with van der Waals surface area (Å²) in [5.41, 5.74) is 2.37. The first-order chi connectivity index (χ1) is 15.0. The molecule has 0 spiro atoms. The number of carbonyl (C=O) groups excluding carboxylic acids is 3. The third-order valence-corrected chi connectivity index (χ3v) is 5.79. The van der Waals surface area contributed by atoms with E-state index in [4.69, 9.17) is 9.47 Å². The van der Waals surface area contributed by atoms with Crippen molar-refractivity contribution < 1.29 is 23.9 Å². The van der Waals surface area contributed by atoms with E-state index in [-0.39, 0.29) is 37.2 Å². The van der Waals surface area contributed by atoms with E-state index < -0.39 is 0 Å². The summed E-state index contributed by atoms with van der Waals surface area (Å²) in [6.45, 7) is 4.10. The van der Waals surface area contributed by atoms with Crippen molar-refractivity contribution in [2.24, 2.45) is 0 Å². The van der Waals surface area contributed by atoms with Gasteiger partial charge < -0.3 is 19.3 Å². The maximum Gasteiger partial charge on any atom is 0.254 e. The molecule has 0 unspecified atom stereocenters. The number of hydrogen-bond donors (Lipinski definition) is 0. The van der Waals surface area contributed by atoms with Crippen molar-refractivity contribution in [2.75, 3.05) is 33.0 Å². The minimum absolute atomic E-state index is 0.0207. The predicted octanol–water partition coefficient (Wildman–Crippen LogP) is 2.93. The largest absolute Gasteiger partial charge is 0.454 e. The number of hydrogen-bond acceptors (Lipinski definition) is 5. The first-order valence-electron chi connectivity index (χ1n) is 10.6. The monoisotopic (exact) mass is 422 g/mol. The van der Waals surface area contributed by atoms with Crippen LogP contribution in [0, 0.1) is 0 Å². The molecule has 0 radical (unpaired) electrons. The Morgan fingerprint density at radius 3 is 2.16 bits per heavy atom. The smallest absolute Gasteiger partial charge is 0.254 e. The molecule has 2 heterocycles. The molecule has 7 nitrogen and oxygen atoms in total. The highest BCUT2D eigenvalue weighted by Gasteiger charge is 2.26. The summed E-state index contributed by atoms with van der Waals surface area (Å²) < 4.78 is 10.6. The second-order valence-electron chi connectivity index (χ2n) is 7.71. The number of carbonyl (C=O) groups is 3. The molecule has 2 aliphatic rings. The van der Waals surface area contributed by atoms with Gasteiger partial charge in [0, 0.05) is 50.1 Å². The number of ether oxygens (including phenoxy) is 2. The van der Waals surface area contributed by atoms with Gasteiger partial charge in [-0.3, -0.25) is 14.4 Å². The van der Waals surface area contributed by atoms with Crippen LogP contribution in [0.4, 0.5) is 0 Å². The SMILES string of the molecule is CCc1ccc(C(=O)CCC(=O)N2CCN(C(=O)c3ccc4c(c3)OCO4)CC2)cc1. The van der Waals surface area contributed by atoms with Crippen LogP contribution >= 0.6 is 0 Å². The quantitative estimate of drug-likeness (QED) is 0.669. The minimum Gasteiger partial charge on any atom is -0.454 e. The van der Waals surface area contributed by atoms with E-state index in [0.717, 1.165) is 6.42 Å². The third-order valence-electron chi connectivity index (χ3n) is 5.79. The van der Waals surface area contributed by atoms with Crippen LogP contribution in [-0.4, -0.2) is 60.4 Å². The lowest BCUT2D eigenvalue weighted by molar-refractivity contribution is -0.132. The van der Waals surface area contributed by atoms with E-state index in [1.807, 2.05) is 24.3 Å². The van der Waals surface area contributed by atoms with E-state index in [9.17, 15) is 14.4 Å². The Kier molecular flexibility index (Phi) is 6.21. The van der Waals surface area contributed by atoms with Crippen LogP contribution in [0.1, 0.15) is 46.0 Å². The maximum absolute atomic E-state index is 12.8. The van der Waals surface area contributed by atoms with Gasteiger partial charge in [0.15, 0.2) is 17.3 Å². The fourth-order valence-electron chi connectivity index (χ4n) is 3.82. The van der Waals surface area contributed by atoms with E-state index in [1.54, 1.807) is 28.0 Å². The van der Waals surface area contributed by atoms with Gasteiger partial charge in [0.2, 0.25) is 12.7 Å². The fraction of sp³-hybridized carbons (Fsp3) is 0.375. The van der Waals surface area contributed by atoms with Crippen LogP contribution in [0.15, 0.2) is 42.5 Å². The number of Topliss-reactive ketones (excluding diaryl/α,β-unsaturated/α-hetero) is 1. The third kappa shape index (κ3) is 4.71. The van der Waals surface area contributed by atoms with E-state index >= 15 is 0 Å². The number of ketones is 1. The van der Waals surface area contributed by atoms with Crippen LogP contribution in [-0.2, 0) is 11.2 Å². The Bertz CT molecular complexity index is 978. The Balaban J connectivity index is 1.25. The molecule has 2 aromatic rings. The molecule has 0 saturated carbocycles. The van der Waals surface area contributed by atoms with Gasteiger partial charge in [-0.05, 0) is 30.2 Å². The standard InChI is InChI=1S/C24H26N2O5/c1-2-17-3-5-18(6-4-17)20(27)8-10-23(28)25-11-13-26(14-12-25)24(29)19-7-9-21-22(15-19)31-16-30-21/h3-7,9,15H,2,8,10-14,16H2,1H3. The Morgan fingerprint density at radius 2 is 1.45 bits per heavy atom. The first kappa shape index (κ1) is 20.9. The highest BCUT2D eigenvalue weighted by atomic mass is 16.7. The molecule has 4 rings (SSSR count). The molecule has 162 valence electrons. The summed E-state index contributed by atoms with van der Waals surface area (Å²) in [6, 6.07) is 12.7.